The smallest absolute Gasteiger partial charge is 0.213 e. The predicted molar refractivity (Wildman–Crippen MR) is 89.7 cm³/mol. The molecule has 0 spiro atoms. The van der Waals surface area contributed by atoms with Gasteiger partial charge in [-0.05, 0) is 32.8 Å². The topological polar surface area (TPSA) is 34.1 Å². The first kappa shape index (κ1) is 18.0. The van der Waals surface area contributed by atoms with Crippen LogP contribution in [0.25, 0.3) is 0 Å². The van der Waals surface area contributed by atoms with Crippen molar-refractivity contribution in [1.82, 2.24) is 10.3 Å². The summed E-state index contributed by atoms with van der Waals surface area (Å²) in [6, 6.07) is 4.05. The van der Waals surface area contributed by atoms with E-state index in [0.717, 1.165) is 25.5 Å². The first-order valence-electron chi connectivity index (χ1n) is 8.34. The maximum atomic E-state index is 5.68. The number of hydrogen-bond donors (Lipinski definition) is 1. The molecule has 0 aliphatic heterocycles. The molecule has 0 fully saturated rings. The summed E-state index contributed by atoms with van der Waals surface area (Å²) < 4.78 is 5.68. The Kier molecular flexibility index (Phi) is 8.36. The summed E-state index contributed by atoms with van der Waals surface area (Å²) in [5.41, 5.74) is 1.32. The van der Waals surface area contributed by atoms with Crippen molar-refractivity contribution in [2.75, 3.05) is 6.61 Å². The summed E-state index contributed by atoms with van der Waals surface area (Å²) in [4.78, 5) is 4.36. The van der Waals surface area contributed by atoms with Gasteiger partial charge in [-0.15, -0.1) is 0 Å². The summed E-state index contributed by atoms with van der Waals surface area (Å²) in [5, 5.41) is 3.45. The van der Waals surface area contributed by atoms with Crippen molar-refractivity contribution in [2.24, 2.45) is 0 Å². The van der Waals surface area contributed by atoms with Crippen LogP contribution in [-0.4, -0.2) is 17.1 Å². The third kappa shape index (κ3) is 9.46. The Balaban J connectivity index is 2.16. The van der Waals surface area contributed by atoms with Gasteiger partial charge in [-0.25, -0.2) is 4.98 Å². The third-order valence-electron chi connectivity index (χ3n) is 3.37. The van der Waals surface area contributed by atoms with E-state index in [1.54, 1.807) is 0 Å². The van der Waals surface area contributed by atoms with Crippen molar-refractivity contribution >= 4 is 0 Å². The van der Waals surface area contributed by atoms with Gasteiger partial charge in [0.25, 0.3) is 0 Å². The van der Waals surface area contributed by atoms with Gasteiger partial charge in [-0.1, -0.05) is 45.1 Å². The quantitative estimate of drug-likeness (QED) is 0.634. The van der Waals surface area contributed by atoms with Gasteiger partial charge in [0, 0.05) is 24.3 Å². The standard InChI is InChI=1S/C18H32N2O/c1-5-6-7-8-9-10-13-21-17-12-11-16(14-19-17)15-20-18(2,3)4/h11-12,14,20H,5-10,13,15H2,1-4H3. The Bertz CT molecular complexity index is 368. The molecule has 1 rings (SSSR count). The highest BCUT2D eigenvalue weighted by Crippen LogP contribution is 2.10. The molecule has 1 aromatic rings. The zero-order valence-electron chi connectivity index (χ0n) is 14.2. The molecule has 3 heteroatoms. The van der Waals surface area contributed by atoms with Crippen molar-refractivity contribution in [3.63, 3.8) is 0 Å². The lowest BCUT2D eigenvalue weighted by Crippen LogP contribution is -2.35. The Morgan fingerprint density at radius 1 is 1.05 bits per heavy atom. The zero-order valence-corrected chi connectivity index (χ0v) is 14.2. The lowest BCUT2D eigenvalue weighted by molar-refractivity contribution is 0.293. The largest absolute Gasteiger partial charge is 0.478 e. The Morgan fingerprint density at radius 2 is 1.76 bits per heavy atom. The number of nitrogens with one attached hydrogen (secondary N) is 1. The van der Waals surface area contributed by atoms with Gasteiger partial charge in [0.1, 0.15) is 0 Å². The Hall–Kier alpha value is -1.09. The van der Waals surface area contributed by atoms with Crippen LogP contribution in [-0.2, 0) is 6.54 Å². The van der Waals surface area contributed by atoms with Gasteiger partial charge < -0.3 is 10.1 Å². The summed E-state index contributed by atoms with van der Waals surface area (Å²) >= 11 is 0. The fourth-order valence-electron chi connectivity index (χ4n) is 2.03. The number of aromatic nitrogens is 1. The van der Waals surface area contributed by atoms with E-state index in [-0.39, 0.29) is 5.54 Å². The summed E-state index contributed by atoms with van der Waals surface area (Å²) in [6.07, 6.45) is 9.61. The van der Waals surface area contributed by atoms with Crippen molar-refractivity contribution in [3.05, 3.63) is 23.9 Å². The van der Waals surface area contributed by atoms with Crippen molar-refractivity contribution in [2.45, 2.75) is 78.3 Å². The van der Waals surface area contributed by atoms with Crippen LogP contribution in [0.2, 0.25) is 0 Å². The highest BCUT2D eigenvalue weighted by Gasteiger charge is 2.08. The van der Waals surface area contributed by atoms with E-state index in [2.05, 4.69) is 44.1 Å². The molecule has 0 radical (unpaired) electrons. The van der Waals surface area contributed by atoms with Gasteiger partial charge in [-0.3, -0.25) is 0 Å². The van der Waals surface area contributed by atoms with E-state index < -0.39 is 0 Å². The van der Waals surface area contributed by atoms with E-state index in [4.69, 9.17) is 4.74 Å². The number of unbranched alkanes of at least 4 members (excludes halogenated alkanes) is 5. The van der Waals surface area contributed by atoms with Crippen LogP contribution in [0.15, 0.2) is 18.3 Å². The molecule has 0 aliphatic carbocycles. The lowest BCUT2D eigenvalue weighted by Gasteiger charge is -2.20. The van der Waals surface area contributed by atoms with Gasteiger partial charge in [-0.2, -0.15) is 0 Å². The lowest BCUT2D eigenvalue weighted by atomic mass is 10.1. The normalized spacial score (nSPS) is 11.6. The summed E-state index contributed by atoms with van der Waals surface area (Å²) in [6.45, 7) is 10.4. The second-order valence-corrected chi connectivity index (χ2v) is 6.72. The number of rotatable bonds is 10. The number of pyridine rings is 1. The minimum absolute atomic E-state index is 0.132. The highest BCUT2D eigenvalue weighted by molar-refractivity contribution is 5.17. The summed E-state index contributed by atoms with van der Waals surface area (Å²) in [5.74, 6) is 0.739. The molecular formula is C18H32N2O. The van der Waals surface area contributed by atoms with E-state index in [1.807, 2.05) is 12.3 Å². The Morgan fingerprint density at radius 3 is 2.38 bits per heavy atom. The van der Waals surface area contributed by atoms with E-state index in [1.165, 1.54) is 37.7 Å². The van der Waals surface area contributed by atoms with E-state index in [9.17, 15) is 0 Å². The molecule has 0 aliphatic rings. The van der Waals surface area contributed by atoms with Gasteiger partial charge in [0.15, 0.2) is 0 Å². The van der Waals surface area contributed by atoms with Crippen LogP contribution >= 0.6 is 0 Å². The van der Waals surface area contributed by atoms with Gasteiger partial charge >= 0.3 is 0 Å². The molecule has 0 atom stereocenters. The average molecular weight is 292 g/mol. The first-order valence-corrected chi connectivity index (χ1v) is 8.34. The second kappa shape index (κ2) is 9.78. The van der Waals surface area contributed by atoms with Crippen LogP contribution in [0.4, 0.5) is 0 Å². The minimum Gasteiger partial charge on any atom is -0.478 e. The maximum absolute atomic E-state index is 5.68. The molecule has 0 bridgehead atoms. The predicted octanol–water partition coefficient (Wildman–Crippen LogP) is 4.71. The number of hydrogen-bond acceptors (Lipinski definition) is 3. The van der Waals surface area contributed by atoms with Crippen molar-refractivity contribution in [1.29, 1.82) is 0 Å². The molecule has 1 N–H and O–H groups in total. The Labute approximate surface area is 130 Å². The fraction of sp³-hybridized carbons (Fsp3) is 0.722. The monoisotopic (exact) mass is 292 g/mol. The number of nitrogens with zero attached hydrogens (tertiary/aromatic N) is 1. The molecule has 120 valence electrons. The molecule has 3 nitrogen and oxygen atoms in total. The number of ether oxygens (including phenoxy) is 1. The average Bonchev–Trinajstić information content (AvgIpc) is 2.44. The summed E-state index contributed by atoms with van der Waals surface area (Å²) in [7, 11) is 0. The van der Waals surface area contributed by atoms with Crippen molar-refractivity contribution < 1.29 is 4.74 Å². The van der Waals surface area contributed by atoms with Crippen LogP contribution in [0, 0.1) is 0 Å². The van der Waals surface area contributed by atoms with Crippen LogP contribution in [0.3, 0.4) is 0 Å². The van der Waals surface area contributed by atoms with E-state index >= 15 is 0 Å². The minimum atomic E-state index is 0.132. The van der Waals surface area contributed by atoms with Crippen molar-refractivity contribution in [3.8, 4) is 5.88 Å². The van der Waals surface area contributed by atoms with Gasteiger partial charge in [0.2, 0.25) is 5.88 Å². The molecule has 1 heterocycles. The van der Waals surface area contributed by atoms with E-state index in [0.29, 0.717) is 0 Å². The molecule has 0 saturated heterocycles. The fourth-order valence-corrected chi connectivity index (χ4v) is 2.03. The zero-order chi connectivity index (χ0) is 15.6. The molecule has 0 unspecified atom stereocenters. The van der Waals surface area contributed by atoms with Gasteiger partial charge in [0.05, 0.1) is 6.61 Å². The van der Waals surface area contributed by atoms with Crippen LogP contribution in [0.1, 0.15) is 71.8 Å². The maximum Gasteiger partial charge on any atom is 0.213 e. The third-order valence-corrected chi connectivity index (χ3v) is 3.37. The highest BCUT2D eigenvalue weighted by atomic mass is 16.5. The molecule has 0 saturated carbocycles. The van der Waals surface area contributed by atoms with Crippen LogP contribution in [0.5, 0.6) is 5.88 Å². The molecular weight excluding hydrogens is 260 g/mol. The molecule has 21 heavy (non-hydrogen) atoms. The molecule has 0 amide bonds. The first-order chi connectivity index (χ1) is 10.0. The second-order valence-electron chi connectivity index (χ2n) is 6.72. The molecule has 1 aromatic heterocycles. The SMILES string of the molecule is CCCCCCCCOc1ccc(CNC(C)(C)C)cn1. The molecule has 0 aromatic carbocycles. The van der Waals surface area contributed by atoms with Crippen LogP contribution < -0.4 is 10.1 Å².